The van der Waals surface area contributed by atoms with Gasteiger partial charge in [0.25, 0.3) is 5.91 Å². The molecule has 0 saturated carbocycles. The topological polar surface area (TPSA) is 70.7 Å². The van der Waals surface area contributed by atoms with Gasteiger partial charge in [-0.2, -0.15) is 10.1 Å². The first-order chi connectivity index (χ1) is 9.83. The Morgan fingerprint density at radius 1 is 1.25 bits per heavy atom. The zero-order valence-corrected chi connectivity index (χ0v) is 12.3. The van der Waals surface area contributed by atoms with Crippen LogP contribution in [-0.2, 0) is 0 Å². The van der Waals surface area contributed by atoms with Crippen LogP contribution in [-0.4, -0.2) is 32.6 Å². The number of hydrogen-bond acceptors (Lipinski definition) is 5. The minimum atomic E-state index is -0.183. The van der Waals surface area contributed by atoms with E-state index in [1.54, 1.807) is 0 Å². The molecule has 2 aromatic rings. The molecular weight excluding hydrogens is 292 g/mol. The fraction of sp³-hybridized carbons (Fsp3) is 0.308. The summed E-state index contributed by atoms with van der Waals surface area (Å²) in [6, 6.07) is 7.78. The fourth-order valence-electron chi connectivity index (χ4n) is 1.92. The SMILES string of the molecule is O=C(Nc1ncn[nH]1)c1ccc(C2SCCCS2)cc1. The summed E-state index contributed by atoms with van der Waals surface area (Å²) in [5.74, 6) is 2.60. The number of anilines is 1. The van der Waals surface area contributed by atoms with Crippen molar-refractivity contribution in [1.82, 2.24) is 15.2 Å². The average Bonchev–Trinajstić information content (AvgIpc) is 3.01. The van der Waals surface area contributed by atoms with Gasteiger partial charge in [0.2, 0.25) is 5.95 Å². The smallest absolute Gasteiger partial charge is 0.258 e. The van der Waals surface area contributed by atoms with Crippen LogP contribution in [0.15, 0.2) is 30.6 Å². The molecule has 0 aliphatic carbocycles. The third-order valence-electron chi connectivity index (χ3n) is 2.92. The van der Waals surface area contributed by atoms with Gasteiger partial charge in [0, 0.05) is 5.56 Å². The molecule has 0 bridgehead atoms. The first kappa shape index (κ1) is 13.5. The summed E-state index contributed by atoms with van der Waals surface area (Å²) in [5, 5.41) is 8.95. The first-order valence-electron chi connectivity index (χ1n) is 6.33. The molecule has 3 rings (SSSR count). The van der Waals surface area contributed by atoms with Gasteiger partial charge < -0.3 is 0 Å². The van der Waals surface area contributed by atoms with E-state index in [4.69, 9.17) is 0 Å². The zero-order chi connectivity index (χ0) is 13.8. The molecule has 20 heavy (non-hydrogen) atoms. The average molecular weight is 306 g/mol. The lowest BCUT2D eigenvalue weighted by Crippen LogP contribution is -2.13. The number of nitrogens with zero attached hydrogens (tertiary/aromatic N) is 2. The standard InChI is InChI=1S/C13H14N4OS2/c18-11(16-13-14-8-15-17-13)9-2-4-10(5-3-9)12-19-6-1-7-20-12/h2-5,8,12H,1,6-7H2,(H2,14,15,16,17,18). The molecule has 1 aliphatic rings. The van der Waals surface area contributed by atoms with Crippen LogP contribution in [0.25, 0.3) is 0 Å². The summed E-state index contributed by atoms with van der Waals surface area (Å²) in [6.45, 7) is 0. The molecule has 1 saturated heterocycles. The van der Waals surface area contributed by atoms with E-state index >= 15 is 0 Å². The highest BCUT2D eigenvalue weighted by atomic mass is 32.2. The number of H-pyrrole nitrogens is 1. The van der Waals surface area contributed by atoms with Crippen LogP contribution in [0.4, 0.5) is 5.95 Å². The van der Waals surface area contributed by atoms with E-state index in [9.17, 15) is 4.79 Å². The van der Waals surface area contributed by atoms with E-state index in [-0.39, 0.29) is 5.91 Å². The van der Waals surface area contributed by atoms with Crippen molar-refractivity contribution in [1.29, 1.82) is 0 Å². The predicted octanol–water partition coefficient (Wildman–Crippen LogP) is 2.93. The lowest BCUT2D eigenvalue weighted by atomic mass is 10.1. The largest absolute Gasteiger partial charge is 0.291 e. The summed E-state index contributed by atoms with van der Waals surface area (Å²) in [7, 11) is 0. The maximum Gasteiger partial charge on any atom is 0.258 e. The molecule has 1 fully saturated rings. The van der Waals surface area contributed by atoms with Gasteiger partial charge in [-0.3, -0.25) is 10.1 Å². The van der Waals surface area contributed by atoms with Gasteiger partial charge in [0.15, 0.2) is 0 Å². The van der Waals surface area contributed by atoms with Gasteiger partial charge in [-0.15, -0.1) is 23.5 Å². The van der Waals surface area contributed by atoms with Crippen molar-refractivity contribution in [2.75, 3.05) is 16.8 Å². The zero-order valence-electron chi connectivity index (χ0n) is 10.7. The van der Waals surface area contributed by atoms with Crippen LogP contribution in [0.5, 0.6) is 0 Å². The highest BCUT2D eigenvalue weighted by Gasteiger charge is 2.17. The van der Waals surface area contributed by atoms with Crippen molar-refractivity contribution >= 4 is 35.4 Å². The molecule has 1 aromatic heterocycles. The Morgan fingerprint density at radius 2 is 2.00 bits per heavy atom. The van der Waals surface area contributed by atoms with Gasteiger partial charge >= 0.3 is 0 Å². The minimum absolute atomic E-state index is 0.183. The normalized spacial score (nSPS) is 16.0. The lowest BCUT2D eigenvalue weighted by Gasteiger charge is -2.21. The van der Waals surface area contributed by atoms with Crippen LogP contribution in [0.1, 0.15) is 26.9 Å². The van der Waals surface area contributed by atoms with Crippen LogP contribution >= 0.6 is 23.5 Å². The number of aromatic nitrogens is 3. The molecule has 2 N–H and O–H groups in total. The maximum absolute atomic E-state index is 12.0. The Morgan fingerprint density at radius 3 is 2.65 bits per heavy atom. The number of carbonyl (C=O) groups excluding carboxylic acids is 1. The molecule has 0 atom stereocenters. The second-order valence-corrected chi connectivity index (χ2v) is 7.06. The Kier molecular flexibility index (Phi) is 4.27. The summed E-state index contributed by atoms with van der Waals surface area (Å²) in [5.41, 5.74) is 1.90. The molecule has 0 spiro atoms. The molecule has 0 unspecified atom stereocenters. The molecular formula is C13H14N4OS2. The number of carbonyl (C=O) groups is 1. The van der Waals surface area contributed by atoms with Gasteiger partial charge in [0.1, 0.15) is 6.33 Å². The Labute approximate surface area is 125 Å². The highest BCUT2D eigenvalue weighted by Crippen LogP contribution is 2.43. The Hall–Kier alpha value is -1.47. The molecule has 1 aromatic carbocycles. The predicted molar refractivity (Wildman–Crippen MR) is 83.1 cm³/mol. The summed E-state index contributed by atoms with van der Waals surface area (Å²) in [6.07, 6.45) is 2.64. The summed E-state index contributed by atoms with van der Waals surface area (Å²) in [4.78, 5) is 15.9. The van der Waals surface area contributed by atoms with Crippen molar-refractivity contribution < 1.29 is 4.79 Å². The number of benzene rings is 1. The Bertz CT molecular complexity index is 565. The summed E-state index contributed by atoms with van der Waals surface area (Å²) >= 11 is 3.95. The van der Waals surface area contributed by atoms with Crippen LogP contribution in [0, 0.1) is 0 Å². The number of aromatic amines is 1. The molecule has 1 amide bonds. The monoisotopic (exact) mass is 306 g/mol. The van der Waals surface area contributed by atoms with Crippen molar-refractivity contribution in [2.45, 2.75) is 11.0 Å². The van der Waals surface area contributed by atoms with Gasteiger partial charge in [0.05, 0.1) is 4.58 Å². The van der Waals surface area contributed by atoms with Crippen LogP contribution < -0.4 is 5.32 Å². The van der Waals surface area contributed by atoms with E-state index in [2.05, 4.69) is 20.5 Å². The van der Waals surface area contributed by atoms with E-state index in [1.165, 1.54) is 29.8 Å². The second kappa shape index (κ2) is 6.32. The maximum atomic E-state index is 12.0. The fourth-order valence-corrected chi connectivity index (χ4v) is 4.81. The highest BCUT2D eigenvalue weighted by molar-refractivity contribution is 8.16. The molecule has 5 nitrogen and oxygen atoms in total. The number of thioether (sulfide) groups is 2. The van der Waals surface area contributed by atoms with Crippen molar-refractivity contribution in [3.8, 4) is 0 Å². The number of amides is 1. The van der Waals surface area contributed by atoms with E-state index in [1.807, 2.05) is 47.8 Å². The van der Waals surface area contributed by atoms with Crippen molar-refractivity contribution in [3.63, 3.8) is 0 Å². The van der Waals surface area contributed by atoms with E-state index < -0.39 is 0 Å². The first-order valence-corrected chi connectivity index (χ1v) is 8.42. The van der Waals surface area contributed by atoms with Crippen LogP contribution in [0.3, 0.4) is 0 Å². The van der Waals surface area contributed by atoms with Crippen LogP contribution in [0.2, 0.25) is 0 Å². The van der Waals surface area contributed by atoms with Gasteiger partial charge in [-0.25, -0.2) is 5.10 Å². The second-order valence-electron chi connectivity index (χ2n) is 4.34. The minimum Gasteiger partial charge on any atom is -0.291 e. The van der Waals surface area contributed by atoms with E-state index in [0.717, 1.165) is 0 Å². The van der Waals surface area contributed by atoms with Crippen molar-refractivity contribution in [3.05, 3.63) is 41.7 Å². The number of nitrogens with one attached hydrogen (secondary N) is 2. The third-order valence-corrected chi connectivity index (χ3v) is 5.93. The van der Waals surface area contributed by atoms with Crippen molar-refractivity contribution in [2.24, 2.45) is 0 Å². The number of hydrogen-bond donors (Lipinski definition) is 2. The quantitative estimate of drug-likeness (QED) is 0.912. The molecule has 0 radical (unpaired) electrons. The van der Waals surface area contributed by atoms with E-state index in [0.29, 0.717) is 16.1 Å². The lowest BCUT2D eigenvalue weighted by molar-refractivity contribution is 0.102. The molecule has 1 aliphatic heterocycles. The third kappa shape index (κ3) is 3.16. The van der Waals surface area contributed by atoms with Gasteiger partial charge in [-0.05, 0) is 35.6 Å². The Balaban J connectivity index is 1.67. The number of rotatable bonds is 3. The summed E-state index contributed by atoms with van der Waals surface area (Å²) < 4.78 is 0.495. The molecule has 104 valence electrons. The molecule has 7 heteroatoms. The van der Waals surface area contributed by atoms with Gasteiger partial charge in [-0.1, -0.05) is 12.1 Å². The molecule has 2 heterocycles.